The minimum absolute atomic E-state index is 0. The standard InChI is InChI=1S/C25H47N3O3.C5H11O.Li/c1-7-27(8-2)17-25(29)26-22-14-24(15-22)31-23-9-11-28(12-10-23)16-20(5)13-21(6)18-30-19(3)4;1-4-6-5(2)3;/h19-24H,1-2,7-18H2,3-6H3,(H,26,29);5H,1,4H2,2-3H3;/q-2;-1;+1. The molecule has 2 atom stereocenters. The van der Waals surface area contributed by atoms with Crippen LogP contribution >= 0.6 is 0 Å². The van der Waals surface area contributed by atoms with Crippen LogP contribution in [0.15, 0.2) is 0 Å². The molecule has 0 radical (unpaired) electrons. The van der Waals surface area contributed by atoms with Gasteiger partial charge in [0.05, 0.1) is 24.9 Å². The topological polar surface area (TPSA) is 63.3 Å². The Hall–Kier alpha value is -0.133. The molecule has 7 nitrogen and oxygen atoms in total. The van der Waals surface area contributed by atoms with Gasteiger partial charge in [0.2, 0.25) is 5.91 Å². The molecule has 0 aromatic heterocycles. The normalized spacial score (nSPS) is 21.9. The second-order valence-corrected chi connectivity index (χ2v) is 11.5. The molecule has 220 valence electrons. The molecule has 1 N–H and O–H groups in total. The Morgan fingerprint density at radius 3 is 1.97 bits per heavy atom. The van der Waals surface area contributed by atoms with Crippen LogP contribution in [-0.4, -0.2) is 98.6 Å². The average molecular weight is 532 g/mol. The van der Waals surface area contributed by atoms with E-state index in [9.17, 15) is 4.79 Å². The summed E-state index contributed by atoms with van der Waals surface area (Å²) in [6, 6.07) is 0.261. The third-order valence-corrected chi connectivity index (χ3v) is 6.92. The largest absolute Gasteiger partial charge is 1.00 e. The first-order valence-corrected chi connectivity index (χ1v) is 14.6. The van der Waals surface area contributed by atoms with Crippen LogP contribution < -0.4 is 24.2 Å². The summed E-state index contributed by atoms with van der Waals surface area (Å²) in [5.41, 5.74) is 0. The number of hydrogen-bond donors (Lipinski definition) is 1. The van der Waals surface area contributed by atoms with Crippen molar-refractivity contribution in [2.24, 2.45) is 11.8 Å². The molecular formula is C30H58LiN3O4-2. The van der Waals surface area contributed by atoms with Gasteiger partial charge in [-0.05, 0) is 71.6 Å². The number of nitrogens with one attached hydrogen (secondary N) is 1. The summed E-state index contributed by atoms with van der Waals surface area (Å²) >= 11 is 0. The summed E-state index contributed by atoms with van der Waals surface area (Å²) in [6.45, 7) is 30.5. The predicted octanol–water partition coefficient (Wildman–Crippen LogP) is 1.42. The van der Waals surface area contributed by atoms with E-state index in [4.69, 9.17) is 14.2 Å². The molecule has 1 aliphatic carbocycles. The number of carbonyl (C=O) groups excluding carboxylic acids is 1. The van der Waals surface area contributed by atoms with Gasteiger partial charge in [-0.25, -0.2) is 0 Å². The molecule has 1 heterocycles. The van der Waals surface area contributed by atoms with E-state index in [1.165, 1.54) is 13.0 Å². The second-order valence-electron chi connectivity index (χ2n) is 11.5. The molecule has 2 fully saturated rings. The zero-order valence-corrected chi connectivity index (χ0v) is 25.9. The Bertz CT molecular complexity index is 578. The van der Waals surface area contributed by atoms with Crippen molar-refractivity contribution < 1.29 is 37.9 Å². The van der Waals surface area contributed by atoms with E-state index in [2.05, 4.69) is 58.7 Å². The van der Waals surface area contributed by atoms with E-state index >= 15 is 0 Å². The summed E-state index contributed by atoms with van der Waals surface area (Å²) in [6.07, 6.45) is 6.67. The maximum atomic E-state index is 12.1. The van der Waals surface area contributed by atoms with Crippen molar-refractivity contribution in [2.75, 3.05) is 52.5 Å². The molecule has 38 heavy (non-hydrogen) atoms. The molecule has 0 bridgehead atoms. The number of amides is 1. The molecule has 2 aliphatic rings. The van der Waals surface area contributed by atoms with E-state index in [0.717, 1.165) is 45.4 Å². The summed E-state index contributed by atoms with van der Waals surface area (Å²) in [4.78, 5) is 16.6. The Morgan fingerprint density at radius 2 is 1.50 bits per heavy atom. The first-order chi connectivity index (χ1) is 17.6. The van der Waals surface area contributed by atoms with Gasteiger partial charge in [0.25, 0.3) is 0 Å². The predicted molar refractivity (Wildman–Crippen MR) is 153 cm³/mol. The molecule has 1 amide bonds. The smallest absolute Gasteiger partial charge is 0.411 e. The van der Waals surface area contributed by atoms with Crippen molar-refractivity contribution in [3.05, 3.63) is 20.8 Å². The summed E-state index contributed by atoms with van der Waals surface area (Å²) < 4.78 is 17.0. The quantitative estimate of drug-likeness (QED) is 0.240. The molecular weight excluding hydrogens is 473 g/mol. The van der Waals surface area contributed by atoms with Gasteiger partial charge in [-0.15, -0.1) is 13.1 Å². The third-order valence-electron chi connectivity index (χ3n) is 6.92. The van der Waals surface area contributed by atoms with Gasteiger partial charge in [-0.3, -0.25) is 4.79 Å². The summed E-state index contributed by atoms with van der Waals surface area (Å²) in [7, 11) is 0. The van der Waals surface area contributed by atoms with Gasteiger partial charge in [-0.1, -0.05) is 20.5 Å². The summed E-state index contributed by atoms with van der Waals surface area (Å²) in [5, 5.41) is 3.11. The third kappa shape index (κ3) is 17.5. The van der Waals surface area contributed by atoms with Crippen molar-refractivity contribution >= 4 is 5.91 Å². The fourth-order valence-electron chi connectivity index (χ4n) is 4.90. The van der Waals surface area contributed by atoms with Crippen molar-refractivity contribution in [1.29, 1.82) is 0 Å². The van der Waals surface area contributed by atoms with Crippen LogP contribution in [0.5, 0.6) is 0 Å². The Labute approximate surface area is 247 Å². The van der Waals surface area contributed by atoms with E-state index in [0.29, 0.717) is 62.5 Å². The molecule has 1 saturated heterocycles. The molecule has 8 heteroatoms. The maximum Gasteiger partial charge on any atom is 1.00 e. The molecule has 2 rings (SSSR count). The van der Waals surface area contributed by atoms with E-state index in [1.54, 1.807) is 0 Å². The molecule has 0 aromatic carbocycles. The van der Waals surface area contributed by atoms with Crippen molar-refractivity contribution in [1.82, 2.24) is 15.1 Å². The minimum atomic E-state index is 0. The Kier molecular flexibility index (Phi) is 21.5. The molecule has 2 unspecified atom stereocenters. The maximum absolute atomic E-state index is 12.1. The van der Waals surface area contributed by atoms with Crippen molar-refractivity contribution in [3.8, 4) is 0 Å². The van der Waals surface area contributed by atoms with Crippen LogP contribution in [0.4, 0.5) is 0 Å². The number of piperidine rings is 1. The molecule has 0 spiro atoms. The van der Waals surface area contributed by atoms with Gasteiger partial charge < -0.3 is 50.1 Å². The van der Waals surface area contributed by atoms with Gasteiger partial charge in [0.1, 0.15) is 0 Å². The van der Waals surface area contributed by atoms with E-state index in [-0.39, 0.29) is 30.8 Å². The molecule has 1 aliphatic heterocycles. The number of ether oxygens (including phenoxy) is 3. The molecule has 0 aromatic rings. The van der Waals surface area contributed by atoms with Crippen LogP contribution in [0, 0.1) is 32.6 Å². The number of hydrogen-bond acceptors (Lipinski definition) is 6. The van der Waals surface area contributed by atoms with Crippen LogP contribution in [0.25, 0.3) is 0 Å². The van der Waals surface area contributed by atoms with Crippen LogP contribution in [0.2, 0.25) is 0 Å². The number of nitrogens with zero attached hydrogens (tertiary/aromatic N) is 2. The van der Waals surface area contributed by atoms with Gasteiger partial charge in [0.15, 0.2) is 0 Å². The fraction of sp³-hybridized carbons (Fsp3) is 0.867. The average Bonchev–Trinajstić information content (AvgIpc) is 2.81. The van der Waals surface area contributed by atoms with Crippen molar-refractivity contribution in [3.63, 3.8) is 0 Å². The first kappa shape index (κ1) is 37.9. The van der Waals surface area contributed by atoms with E-state index in [1.807, 2.05) is 18.7 Å². The van der Waals surface area contributed by atoms with Crippen LogP contribution in [0.1, 0.15) is 73.6 Å². The zero-order chi connectivity index (χ0) is 27.8. The van der Waals surface area contributed by atoms with Gasteiger partial charge in [0, 0.05) is 38.4 Å². The Morgan fingerprint density at radius 1 is 0.921 bits per heavy atom. The number of carbonyl (C=O) groups is 1. The number of rotatable bonds is 16. The van der Waals surface area contributed by atoms with Crippen LogP contribution in [-0.2, 0) is 19.0 Å². The summed E-state index contributed by atoms with van der Waals surface area (Å²) in [5.74, 6) is 1.39. The van der Waals surface area contributed by atoms with Gasteiger partial charge >= 0.3 is 18.9 Å². The van der Waals surface area contributed by atoms with Crippen molar-refractivity contribution in [2.45, 2.75) is 104 Å². The first-order valence-electron chi connectivity index (χ1n) is 14.6. The van der Waals surface area contributed by atoms with Crippen LogP contribution in [0.3, 0.4) is 0 Å². The fourth-order valence-corrected chi connectivity index (χ4v) is 4.90. The SMILES string of the molecule is [CH2-]CN(C[CH2-])CC(=O)NC1CC(OC2CCN(CC(C)CC(C)COC(C)C)CC2)C1.[CH2-]COC(C)C.[Li+]. The molecule has 1 saturated carbocycles. The monoisotopic (exact) mass is 531 g/mol. The van der Waals surface area contributed by atoms with E-state index < -0.39 is 0 Å². The zero-order valence-electron chi connectivity index (χ0n) is 25.9. The Balaban J connectivity index is 0.00000175. The minimum Gasteiger partial charge on any atom is -0.411 e. The number of likely N-dealkylation sites (tertiary alicyclic amines) is 1. The second kappa shape index (κ2) is 21.6. The van der Waals surface area contributed by atoms with Gasteiger partial charge in [-0.2, -0.15) is 0 Å².